The zero-order valence-corrected chi connectivity index (χ0v) is 10.5. The lowest BCUT2D eigenvalue weighted by Crippen LogP contribution is -2.42. The molecule has 1 saturated heterocycles. The molecule has 0 spiro atoms. The van der Waals surface area contributed by atoms with Crippen LogP contribution in [0.4, 0.5) is 0 Å². The molecule has 0 aliphatic carbocycles. The number of hydrogen-bond donors (Lipinski definition) is 1. The number of nitrogens with one attached hydrogen (secondary N) is 1. The molecular weight excluding hydrogens is 188 g/mol. The van der Waals surface area contributed by atoms with Gasteiger partial charge in [0.2, 0.25) is 0 Å². The molecule has 0 aromatic heterocycles. The summed E-state index contributed by atoms with van der Waals surface area (Å²) in [6, 6.07) is 0.567. The van der Waals surface area contributed by atoms with Crippen LogP contribution in [-0.2, 0) is 4.84 Å². The SMILES string of the molecule is CCCN1CCC(NOCC(C)C)CC1. The van der Waals surface area contributed by atoms with Crippen molar-refractivity contribution in [1.29, 1.82) is 0 Å². The summed E-state index contributed by atoms with van der Waals surface area (Å²) in [5.74, 6) is 0.609. The molecule has 1 fully saturated rings. The van der Waals surface area contributed by atoms with Gasteiger partial charge in [0.05, 0.1) is 6.61 Å². The number of hydroxylamine groups is 1. The van der Waals surface area contributed by atoms with Crippen LogP contribution in [-0.4, -0.2) is 37.2 Å². The molecule has 0 unspecified atom stereocenters. The molecule has 1 N–H and O–H groups in total. The number of rotatable bonds is 6. The maximum Gasteiger partial charge on any atom is 0.0705 e. The van der Waals surface area contributed by atoms with Crippen molar-refractivity contribution in [3.8, 4) is 0 Å². The summed E-state index contributed by atoms with van der Waals surface area (Å²) < 4.78 is 0. The van der Waals surface area contributed by atoms with Gasteiger partial charge in [-0.1, -0.05) is 20.8 Å². The van der Waals surface area contributed by atoms with Crippen LogP contribution in [0.2, 0.25) is 0 Å². The molecule has 1 rings (SSSR count). The highest BCUT2D eigenvalue weighted by molar-refractivity contribution is 4.74. The van der Waals surface area contributed by atoms with E-state index in [9.17, 15) is 0 Å². The van der Waals surface area contributed by atoms with E-state index in [0.29, 0.717) is 12.0 Å². The van der Waals surface area contributed by atoms with Crippen molar-refractivity contribution >= 4 is 0 Å². The minimum Gasteiger partial charge on any atom is -0.303 e. The monoisotopic (exact) mass is 214 g/mol. The van der Waals surface area contributed by atoms with Gasteiger partial charge in [-0.25, -0.2) is 0 Å². The molecule has 0 atom stereocenters. The van der Waals surface area contributed by atoms with Gasteiger partial charge in [-0.3, -0.25) is 0 Å². The molecule has 1 aliphatic heterocycles. The van der Waals surface area contributed by atoms with Crippen LogP contribution in [0.15, 0.2) is 0 Å². The molecular formula is C12H26N2O. The van der Waals surface area contributed by atoms with Crippen molar-refractivity contribution in [2.24, 2.45) is 5.92 Å². The van der Waals surface area contributed by atoms with E-state index in [-0.39, 0.29) is 0 Å². The molecule has 3 heteroatoms. The summed E-state index contributed by atoms with van der Waals surface area (Å²) in [4.78, 5) is 8.00. The number of piperidine rings is 1. The van der Waals surface area contributed by atoms with E-state index in [2.05, 4.69) is 31.2 Å². The van der Waals surface area contributed by atoms with E-state index in [1.807, 2.05) is 0 Å². The van der Waals surface area contributed by atoms with Crippen LogP contribution in [0.25, 0.3) is 0 Å². The first-order valence-corrected chi connectivity index (χ1v) is 6.32. The van der Waals surface area contributed by atoms with Crippen molar-refractivity contribution < 1.29 is 4.84 Å². The Morgan fingerprint density at radius 1 is 1.33 bits per heavy atom. The molecule has 1 heterocycles. The van der Waals surface area contributed by atoms with Gasteiger partial charge >= 0.3 is 0 Å². The predicted octanol–water partition coefficient (Wildman–Crippen LogP) is 2.04. The fourth-order valence-electron chi connectivity index (χ4n) is 1.92. The second-order valence-corrected chi connectivity index (χ2v) is 4.94. The second-order valence-electron chi connectivity index (χ2n) is 4.94. The molecule has 0 aromatic rings. The lowest BCUT2D eigenvalue weighted by molar-refractivity contribution is -0.0134. The third-order valence-electron chi connectivity index (χ3n) is 2.79. The Morgan fingerprint density at radius 3 is 2.53 bits per heavy atom. The van der Waals surface area contributed by atoms with Gasteiger partial charge in [-0.2, -0.15) is 5.48 Å². The van der Waals surface area contributed by atoms with Crippen molar-refractivity contribution in [2.45, 2.75) is 46.1 Å². The van der Waals surface area contributed by atoms with Gasteiger partial charge in [-0.05, 0) is 44.8 Å². The van der Waals surface area contributed by atoms with E-state index in [4.69, 9.17) is 4.84 Å². The third kappa shape index (κ3) is 5.50. The summed E-state index contributed by atoms with van der Waals surface area (Å²) in [6.07, 6.45) is 3.71. The van der Waals surface area contributed by atoms with Gasteiger partial charge in [0, 0.05) is 6.04 Å². The Kier molecular flexibility index (Phi) is 6.22. The summed E-state index contributed by atoms with van der Waals surface area (Å²) in [7, 11) is 0. The third-order valence-corrected chi connectivity index (χ3v) is 2.79. The molecule has 0 radical (unpaired) electrons. The minimum absolute atomic E-state index is 0.567. The maximum atomic E-state index is 5.46. The Morgan fingerprint density at radius 2 is 2.00 bits per heavy atom. The first kappa shape index (κ1) is 12.9. The largest absolute Gasteiger partial charge is 0.303 e. The molecule has 0 amide bonds. The Bertz CT molecular complexity index is 154. The average molecular weight is 214 g/mol. The summed E-state index contributed by atoms with van der Waals surface area (Å²) in [6.45, 7) is 11.1. The average Bonchev–Trinajstić information content (AvgIpc) is 2.20. The lowest BCUT2D eigenvalue weighted by Gasteiger charge is -2.31. The van der Waals surface area contributed by atoms with Crippen molar-refractivity contribution in [3.63, 3.8) is 0 Å². The zero-order chi connectivity index (χ0) is 11.1. The summed E-state index contributed by atoms with van der Waals surface area (Å²) in [5.41, 5.74) is 3.19. The van der Waals surface area contributed by atoms with Crippen molar-refractivity contribution in [2.75, 3.05) is 26.2 Å². The van der Waals surface area contributed by atoms with Crippen LogP contribution in [0, 0.1) is 5.92 Å². The lowest BCUT2D eigenvalue weighted by atomic mass is 10.1. The van der Waals surface area contributed by atoms with Gasteiger partial charge in [0.25, 0.3) is 0 Å². The highest BCUT2D eigenvalue weighted by atomic mass is 16.6. The van der Waals surface area contributed by atoms with Gasteiger partial charge in [0.15, 0.2) is 0 Å². The topological polar surface area (TPSA) is 24.5 Å². The summed E-state index contributed by atoms with van der Waals surface area (Å²) >= 11 is 0. The fraction of sp³-hybridized carbons (Fsp3) is 1.00. The fourth-order valence-corrected chi connectivity index (χ4v) is 1.92. The van der Waals surface area contributed by atoms with E-state index >= 15 is 0 Å². The normalized spacial score (nSPS) is 20.0. The van der Waals surface area contributed by atoms with Gasteiger partial charge in [0.1, 0.15) is 0 Å². The van der Waals surface area contributed by atoms with Crippen molar-refractivity contribution in [1.82, 2.24) is 10.4 Å². The number of likely N-dealkylation sites (tertiary alicyclic amines) is 1. The Labute approximate surface area is 94.1 Å². The molecule has 3 nitrogen and oxygen atoms in total. The van der Waals surface area contributed by atoms with Gasteiger partial charge < -0.3 is 9.74 Å². The first-order chi connectivity index (χ1) is 7.22. The van der Waals surface area contributed by atoms with E-state index in [0.717, 1.165) is 6.61 Å². The zero-order valence-electron chi connectivity index (χ0n) is 10.5. The van der Waals surface area contributed by atoms with Crippen LogP contribution in [0.3, 0.4) is 0 Å². The van der Waals surface area contributed by atoms with E-state index < -0.39 is 0 Å². The molecule has 0 aromatic carbocycles. The Balaban J connectivity index is 2.04. The van der Waals surface area contributed by atoms with Crippen LogP contribution < -0.4 is 5.48 Å². The van der Waals surface area contributed by atoms with Crippen LogP contribution in [0.1, 0.15) is 40.0 Å². The highest BCUT2D eigenvalue weighted by Gasteiger charge is 2.18. The second kappa shape index (κ2) is 7.20. The van der Waals surface area contributed by atoms with Crippen LogP contribution in [0.5, 0.6) is 0 Å². The molecule has 0 saturated carbocycles. The first-order valence-electron chi connectivity index (χ1n) is 6.32. The minimum atomic E-state index is 0.567. The predicted molar refractivity (Wildman–Crippen MR) is 63.7 cm³/mol. The van der Waals surface area contributed by atoms with E-state index in [1.54, 1.807) is 0 Å². The highest BCUT2D eigenvalue weighted by Crippen LogP contribution is 2.10. The number of hydrogen-bond acceptors (Lipinski definition) is 3. The van der Waals surface area contributed by atoms with Gasteiger partial charge in [-0.15, -0.1) is 0 Å². The molecule has 0 bridgehead atoms. The summed E-state index contributed by atoms with van der Waals surface area (Å²) in [5, 5.41) is 0. The van der Waals surface area contributed by atoms with Crippen molar-refractivity contribution in [3.05, 3.63) is 0 Å². The molecule has 15 heavy (non-hydrogen) atoms. The smallest absolute Gasteiger partial charge is 0.0705 e. The molecule has 90 valence electrons. The molecule has 1 aliphatic rings. The van der Waals surface area contributed by atoms with E-state index in [1.165, 1.54) is 38.9 Å². The maximum absolute atomic E-state index is 5.46. The Hall–Kier alpha value is -0.120. The number of nitrogens with zero attached hydrogens (tertiary/aromatic N) is 1. The van der Waals surface area contributed by atoms with Crippen LogP contribution >= 0.6 is 0 Å². The standard InChI is InChI=1S/C12H26N2O/c1-4-7-14-8-5-12(6-9-14)13-15-10-11(2)3/h11-13H,4-10H2,1-3H3. The quantitative estimate of drug-likeness (QED) is 0.685.